The monoisotopic (exact) mass is 325 g/mol. The number of carbonyl (C=O) groups is 1. The maximum absolute atomic E-state index is 13.5. The van der Waals surface area contributed by atoms with Crippen LogP contribution < -0.4 is 10.7 Å². The van der Waals surface area contributed by atoms with Gasteiger partial charge in [-0.05, 0) is 43.7 Å². The Morgan fingerprint density at radius 3 is 2.83 bits per heavy atom. The summed E-state index contributed by atoms with van der Waals surface area (Å²) in [6.07, 6.45) is 3.05. The lowest BCUT2D eigenvalue weighted by Gasteiger charge is -2.12. The van der Waals surface area contributed by atoms with Crippen molar-refractivity contribution in [1.82, 2.24) is 9.55 Å². The Kier molecular flexibility index (Phi) is 4.12. The van der Waals surface area contributed by atoms with Gasteiger partial charge in [-0.3, -0.25) is 9.59 Å². The van der Waals surface area contributed by atoms with Crippen LogP contribution in [0.3, 0.4) is 0 Å². The zero-order valence-electron chi connectivity index (χ0n) is 13.3. The third-order valence-corrected chi connectivity index (χ3v) is 3.87. The second-order valence-corrected chi connectivity index (χ2v) is 5.44. The number of nitrogens with one attached hydrogen (secondary N) is 1. The second-order valence-electron chi connectivity index (χ2n) is 5.44. The molecule has 0 saturated carbocycles. The Balaban J connectivity index is 2.12. The van der Waals surface area contributed by atoms with Crippen molar-refractivity contribution in [2.24, 2.45) is 0 Å². The van der Waals surface area contributed by atoms with Crippen molar-refractivity contribution in [3.05, 3.63) is 69.9 Å². The number of aryl methyl sites for hydroxylation is 2. The third-order valence-electron chi connectivity index (χ3n) is 3.87. The Bertz CT molecular complexity index is 995. The fourth-order valence-electron chi connectivity index (χ4n) is 2.58. The molecule has 1 aromatic carbocycles. The average molecular weight is 325 g/mol. The van der Waals surface area contributed by atoms with Crippen LogP contribution in [0, 0.1) is 12.7 Å². The minimum absolute atomic E-state index is 0.0417. The van der Waals surface area contributed by atoms with E-state index in [1.54, 1.807) is 22.9 Å². The van der Waals surface area contributed by atoms with Crippen LogP contribution in [-0.2, 0) is 6.54 Å². The molecule has 122 valence electrons. The Morgan fingerprint density at radius 2 is 2.12 bits per heavy atom. The standard InChI is InChI=1S/C18H16FN3O2/c1-3-22-10-14(16(23)13-9-12(19)6-7-15(13)22)18(24)21-17-11(2)5-4-8-20-17/h4-10H,3H2,1-2H3,(H,20,21,24). The highest BCUT2D eigenvalue weighted by atomic mass is 19.1. The summed E-state index contributed by atoms with van der Waals surface area (Å²) in [7, 11) is 0. The number of pyridine rings is 2. The number of benzene rings is 1. The summed E-state index contributed by atoms with van der Waals surface area (Å²) in [5.74, 6) is -0.681. The van der Waals surface area contributed by atoms with E-state index in [-0.39, 0.29) is 10.9 Å². The van der Waals surface area contributed by atoms with E-state index in [2.05, 4.69) is 10.3 Å². The van der Waals surface area contributed by atoms with E-state index < -0.39 is 17.2 Å². The predicted molar refractivity (Wildman–Crippen MR) is 90.8 cm³/mol. The van der Waals surface area contributed by atoms with Crippen LogP contribution in [-0.4, -0.2) is 15.5 Å². The number of carbonyl (C=O) groups excluding carboxylic acids is 1. The number of amides is 1. The van der Waals surface area contributed by atoms with Crippen molar-refractivity contribution in [2.45, 2.75) is 20.4 Å². The number of halogens is 1. The Hall–Kier alpha value is -3.02. The molecule has 0 bridgehead atoms. The molecule has 24 heavy (non-hydrogen) atoms. The van der Waals surface area contributed by atoms with E-state index in [1.165, 1.54) is 12.3 Å². The summed E-state index contributed by atoms with van der Waals surface area (Å²) >= 11 is 0. The maximum Gasteiger partial charge on any atom is 0.262 e. The van der Waals surface area contributed by atoms with Gasteiger partial charge in [0.15, 0.2) is 0 Å². The number of hydrogen-bond donors (Lipinski definition) is 1. The first-order valence-corrected chi connectivity index (χ1v) is 7.57. The lowest BCUT2D eigenvalue weighted by atomic mass is 10.1. The molecule has 3 rings (SSSR count). The molecule has 2 aromatic heterocycles. The van der Waals surface area contributed by atoms with Crippen LogP contribution in [0.15, 0.2) is 47.5 Å². The molecule has 2 heterocycles. The summed E-state index contributed by atoms with van der Waals surface area (Å²) in [5, 5.41) is 2.82. The largest absolute Gasteiger partial charge is 0.347 e. The minimum atomic E-state index is -0.560. The molecule has 0 spiro atoms. The lowest BCUT2D eigenvalue weighted by molar-refractivity contribution is 0.102. The molecule has 0 aliphatic rings. The summed E-state index contributed by atoms with van der Waals surface area (Å²) < 4.78 is 15.3. The van der Waals surface area contributed by atoms with Crippen molar-refractivity contribution in [2.75, 3.05) is 5.32 Å². The first-order chi connectivity index (χ1) is 11.5. The van der Waals surface area contributed by atoms with Crippen LogP contribution in [0.5, 0.6) is 0 Å². The normalized spacial score (nSPS) is 10.8. The quantitative estimate of drug-likeness (QED) is 0.805. The van der Waals surface area contributed by atoms with Gasteiger partial charge in [-0.2, -0.15) is 0 Å². The average Bonchev–Trinajstić information content (AvgIpc) is 2.57. The molecule has 0 saturated heterocycles. The number of rotatable bonds is 3. The number of anilines is 1. The molecule has 5 nitrogen and oxygen atoms in total. The van der Waals surface area contributed by atoms with Gasteiger partial charge in [0.05, 0.1) is 5.52 Å². The first-order valence-electron chi connectivity index (χ1n) is 7.57. The fraction of sp³-hybridized carbons (Fsp3) is 0.167. The molecule has 1 amide bonds. The molecule has 0 aliphatic carbocycles. The van der Waals surface area contributed by atoms with E-state index in [1.807, 2.05) is 19.9 Å². The summed E-state index contributed by atoms with van der Waals surface area (Å²) in [4.78, 5) is 29.2. The van der Waals surface area contributed by atoms with E-state index in [0.717, 1.165) is 11.6 Å². The van der Waals surface area contributed by atoms with Crippen molar-refractivity contribution in [3.63, 3.8) is 0 Å². The minimum Gasteiger partial charge on any atom is -0.347 e. The van der Waals surface area contributed by atoms with Crippen LogP contribution in [0.25, 0.3) is 10.9 Å². The van der Waals surface area contributed by atoms with Crippen molar-refractivity contribution >= 4 is 22.6 Å². The molecule has 0 radical (unpaired) electrons. The SMILES string of the molecule is CCn1cc(C(=O)Nc2ncccc2C)c(=O)c2cc(F)ccc21. The fourth-order valence-corrected chi connectivity index (χ4v) is 2.58. The molecule has 0 atom stereocenters. The molecule has 0 aliphatic heterocycles. The van der Waals surface area contributed by atoms with Gasteiger partial charge < -0.3 is 9.88 Å². The molecular weight excluding hydrogens is 309 g/mol. The highest BCUT2D eigenvalue weighted by Gasteiger charge is 2.16. The number of nitrogens with zero attached hydrogens (tertiary/aromatic N) is 2. The van der Waals surface area contributed by atoms with Crippen LogP contribution in [0.2, 0.25) is 0 Å². The third kappa shape index (κ3) is 2.78. The van der Waals surface area contributed by atoms with E-state index in [4.69, 9.17) is 0 Å². The van der Waals surface area contributed by atoms with E-state index in [9.17, 15) is 14.0 Å². The topological polar surface area (TPSA) is 64.0 Å². The van der Waals surface area contributed by atoms with Crippen LogP contribution in [0.1, 0.15) is 22.8 Å². The van der Waals surface area contributed by atoms with Gasteiger partial charge in [-0.15, -0.1) is 0 Å². The molecule has 0 fully saturated rings. The zero-order chi connectivity index (χ0) is 17.3. The van der Waals surface area contributed by atoms with Gasteiger partial charge in [0.1, 0.15) is 17.2 Å². The predicted octanol–water partition coefficient (Wildman–Crippen LogP) is 3.12. The van der Waals surface area contributed by atoms with Crippen molar-refractivity contribution in [3.8, 4) is 0 Å². The first kappa shape index (κ1) is 15.9. The van der Waals surface area contributed by atoms with Gasteiger partial charge in [-0.25, -0.2) is 9.37 Å². The van der Waals surface area contributed by atoms with Gasteiger partial charge in [-0.1, -0.05) is 6.07 Å². The molecule has 1 N–H and O–H groups in total. The van der Waals surface area contributed by atoms with Crippen LogP contribution in [0.4, 0.5) is 10.2 Å². The zero-order valence-corrected chi connectivity index (χ0v) is 13.3. The second kappa shape index (κ2) is 6.23. The smallest absolute Gasteiger partial charge is 0.262 e. The van der Waals surface area contributed by atoms with Crippen molar-refractivity contribution < 1.29 is 9.18 Å². The van der Waals surface area contributed by atoms with Gasteiger partial charge in [0.25, 0.3) is 5.91 Å². The number of fused-ring (bicyclic) bond motifs is 1. The molecular formula is C18H16FN3O2. The Labute approximate surface area is 137 Å². The number of aromatic nitrogens is 2. The van der Waals surface area contributed by atoms with Crippen molar-refractivity contribution in [1.29, 1.82) is 0 Å². The highest BCUT2D eigenvalue weighted by molar-refractivity contribution is 6.05. The Morgan fingerprint density at radius 1 is 1.33 bits per heavy atom. The maximum atomic E-state index is 13.5. The van der Waals surface area contributed by atoms with Gasteiger partial charge in [0, 0.05) is 24.3 Å². The van der Waals surface area contributed by atoms with E-state index >= 15 is 0 Å². The number of hydrogen-bond acceptors (Lipinski definition) is 3. The molecule has 6 heteroatoms. The van der Waals surface area contributed by atoms with E-state index in [0.29, 0.717) is 17.9 Å². The molecule has 0 unspecified atom stereocenters. The summed E-state index contributed by atoms with van der Waals surface area (Å²) in [6.45, 7) is 4.24. The molecule has 3 aromatic rings. The summed E-state index contributed by atoms with van der Waals surface area (Å²) in [5.41, 5.74) is 0.836. The van der Waals surface area contributed by atoms with Gasteiger partial charge in [0.2, 0.25) is 5.43 Å². The summed E-state index contributed by atoms with van der Waals surface area (Å²) in [6, 6.07) is 7.56. The van der Waals surface area contributed by atoms with Gasteiger partial charge >= 0.3 is 0 Å². The van der Waals surface area contributed by atoms with Crippen LogP contribution >= 0.6 is 0 Å². The highest BCUT2D eigenvalue weighted by Crippen LogP contribution is 2.15. The lowest BCUT2D eigenvalue weighted by Crippen LogP contribution is -2.24.